The van der Waals surface area contributed by atoms with Crippen LogP contribution in [-0.2, 0) is 17.9 Å². The van der Waals surface area contributed by atoms with Gasteiger partial charge in [0.05, 0.1) is 5.52 Å². The number of benzene rings is 3. The normalized spacial score (nSPS) is 13.7. The number of carbonyl (C=O) groups is 1. The van der Waals surface area contributed by atoms with Crippen LogP contribution in [0.2, 0.25) is 5.02 Å². The van der Waals surface area contributed by atoms with Crippen molar-refractivity contribution in [3.05, 3.63) is 89.2 Å². The predicted octanol–water partition coefficient (Wildman–Crippen LogP) is 5.68. The Labute approximate surface area is 192 Å². The van der Waals surface area contributed by atoms with Gasteiger partial charge in [-0.25, -0.2) is 9.97 Å². The number of carbonyl (C=O) groups excluding carboxylic acids is 1. The van der Waals surface area contributed by atoms with Gasteiger partial charge in [-0.15, -0.1) is 0 Å². The summed E-state index contributed by atoms with van der Waals surface area (Å²) >= 11 is 6.10. The molecule has 32 heavy (non-hydrogen) atoms. The van der Waals surface area contributed by atoms with Crippen LogP contribution < -0.4 is 5.32 Å². The Morgan fingerprint density at radius 2 is 1.84 bits per heavy atom. The summed E-state index contributed by atoms with van der Waals surface area (Å²) < 4.78 is 0. The second-order valence-corrected chi connectivity index (χ2v) is 8.45. The van der Waals surface area contributed by atoms with Crippen molar-refractivity contribution < 1.29 is 4.79 Å². The van der Waals surface area contributed by atoms with Crippen molar-refractivity contribution in [2.45, 2.75) is 25.9 Å². The first-order valence-electron chi connectivity index (χ1n) is 10.8. The molecule has 5 nitrogen and oxygen atoms in total. The summed E-state index contributed by atoms with van der Waals surface area (Å²) in [5, 5.41) is 5.06. The highest BCUT2D eigenvalue weighted by molar-refractivity contribution is 6.31. The average molecular weight is 443 g/mol. The molecule has 3 aromatic carbocycles. The number of amides is 1. The van der Waals surface area contributed by atoms with Crippen LogP contribution in [0.25, 0.3) is 22.0 Å². The molecule has 0 unspecified atom stereocenters. The molecule has 0 radical (unpaired) electrons. The molecule has 0 saturated carbocycles. The third-order valence-corrected chi connectivity index (χ3v) is 6.11. The van der Waals surface area contributed by atoms with E-state index in [2.05, 4.69) is 57.7 Å². The predicted molar refractivity (Wildman–Crippen MR) is 128 cm³/mol. The van der Waals surface area contributed by atoms with E-state index in [0.29, 0.717) is 24.5 Å². The molecule has 2 heterocycles. The van der Waals surface area contributed by atoms with E-state index in [9.17, 15) is 4.79 Å². The van der Waals surface area contributed by atoms with Crippen LogP contribution in [0.3, 0.4) is 0 Å². The molecule has 1 aliphatic rings. The van der Waals surface area contributed by atoms with Gasteiger partial charge in [-0.3, -0.25) is 4.79 Å². The molecule has 0 spiro atoms. The zero-order valence-electron chi connectivity index (χ0n) is 17.6. The number of hydrogen-bond acceptors (Lipinski definition) is 4. The smallest absolute Gasteiger partial charge is 0.222 e. The Hall–Kier alpha value is -3.44. The fraction of sp³-hybridized carbons (Fsp3) is 0.192. The van der Waals surface area contributed by atoms with Crippen molar-refractivity contribution >= 4 is 34.2 Å². The molecule has 6 heteroatoms. The van der Waals surface area contributed by atoms with E-state index < -0.39 is 0 Å². The molecule has 1 amide bonds. The largest absolute Gasteiger partial charge is 0.365 e. The fourth-order valence-corrected chi connectivity index (χ4v) is 4.35. The molecule has 1 N–H and O–H groups in total. The summed E-state index contributed by atoms with van der Waals surface area (Å²) in [6.45, 7) is 2.18. The van der Waals surface area contributed by atoms with Gasteiger partial charge in [-0.1, -0.05) is 60.1 Å². The first-order valence-corrected chi connectivity index (χ1v) is 11.1. The number of fused-ring (bicyclic) bond motifs is 1. The maximum absolute atomic E-state index is 11.9. The number of aromatic nitrogens is 2. The SMILES string of the molecule is O=C1CCCN1Cc1ccc(-c2ccccc2CNc2ncnc3cc(Cl)ccc23)cc1. The Balaban J connectivity index is 1.35. The van der Waals surface area contributed by atoms with Gasteiger partial charge in [0.25, 0.3) is 0 Å². The van der Waals surface area contributed by atoms with E-state index in [1.165, 1.54) is 11.1 Å². The third kappa shape index (κ3) is 4.30. The zero-order valence-corrected chi connectivity index (χ0v) is 18.3. The van der Waals surface area contributed by atoms with Gasteiger partial charge >= 0.3 is 0 Å². The Kier molecular flexibility index (Phi) is 5.73. The third-order valence-electron chi connectivity index (χ3n) is 5.87. The lowest BCUT2D eigenvalue weighted by Gasteiger charge is -2.16. The standard InChI is InChI=1S/C26H23ClN4O/c27-21-11-12-23-24(14-21)29-17-30-26(23)28-15-20-4-1-2-5-22(20)19-9-7-18(8-10-19)16-31-13-3-6-25(31)32/h1-2,4-5,7-12,14,17H,3,6,13,15-16H2,(H,28,29,30). The first kappa shape index (κ1) is 20.5. The number of hydrogen-bond donors (Lipinski definition) is 1. The van der Waals surface area contributed by atoms with Gasteiger partial charge < -0.3 is 10.2 Å². The molecule has 1 aliphatic heterocycles. The quantitative estimate of drug-likeness (QED) is 0.417. The van der Waals surface area contributed by atoms with Gasteiger partial charge in [-0.2, -0.15) is 0 Å². The number of nitrogens with zero attached hydrogens (tertiary/aromatic N) is 3. The maximum atomic E-state index is 11.9. The van der Waals surface area contributed by atoms with Gasteiger partial charge in [0.1, 0.15) is 12.1 Å². The molecule has 1 aromatic heterocycles. The maximum Gasteiger partial charge on any atom is 0.222 e. The van der Waals surface area contributed by atoms with Crippen LogP contribution in [0.5, 0.6) is 0 Å². The average Bonchev–Trinajstić information content (AvgIpc) is 3.22. The molecule has 4 aromatic rings. The van der Waals surface area contributed by atoms with E-state index in [0.717, 1.165) is 40.8 Å². The first-order chi connectivity index (χ1) is 15.7. The summed E-state index contributed by atoms with van der Waals surface area (Å²) in [6, 6.07) is 22.5. The van der Waals surface area contributed by atoms with Gasteiger partial charge in [-0.05, 0) is 46.9 Å². The molecule has 160 valence electrons. The highest BCUT2D eigenvalue weighted by Crippen LogP contribution is 2.27. The number of likely N-dealkylation sites (tertiary alicyclic amines) is 1. The van der Waals surface area contributed by atoms with E-state index >= 15 is 0 Å². The highest BCUT2D eigenvalue weighted by atomic mass is 35.5. The highest BCUT2D eigenvalue weighted by Gasteiger charge is 2.19. The second-order valence-electron chi connectivity index (χ2n) is 8.01. The van der Waals surface area contributed by atoms with Crippen molar-refractivity contribution in [1.29, 1.82) is 0 Å². The molecule has 0 atom stereocenters. The van der Waals surface area contributed by atoms with Crippen LogP contribution in [0.1, 0.15) is 24.0 Å². The number of halogens is 1. The van der Waals surface area contributed by atoms with Gasteiger partial charge in [0.2, 0.25) is 5.91 Å². The summed E-state index contributed by atoms with van der Waals surface area (Å²) in [6.07, 6.45) is 3.19. The monoisotopic (exact) mass is 442 g/mol. The van der Waals surface area contributed by atoms with E-state index in [4.69, 9.17) is 11.6 Å². The minimum Gasteiger partial charge on any atom is -0.365 e. The Bertz CT molecular complexity index is 1270. The molecular weight excluding hydrogens is 420 g/mol. The van der Waals surface area contributed by atoms with Crippen molar-refractivity contribution in [3.8, 4) is 11.1 Å². The number of rotatable bonds is 6. The van der Waals surface area contributed by atoms with Crippen LogP contribution in [-0.4, -0.2) is 27.3 Å². The van der Waals surface area contributed by atoms with Crippen molar-refractivity contribution in [2.24, 2.45) is 0 Å². The molecule has 0 bridgehead atoms. The zero-order chi connectivity index (χ0) is 21.9. The summed E-state index contributed by atoms with van der Waals surface area (Å²) in [5.74, 6) is 1.04. The summed E-state index contributed by atoms with van der Waals surface area (Å²) in [7, 11) is 0. The van der Waals surface area contributed by atoms with Gasteiger partial charge in [0, 0.05) is 36.5 Å². The minimum atomic E-state index is 0.255. The summed E-state index contributed by atoms with van der Waals surface area (Å²) in [4.78, 5) is 22.6. The Morgan fingerprint density at radius 3 is 2.66 bits per heavy atom. The van der Waals surface area contributed by atoms with Crippen LogP contribution >= 0.6 is 11.6 Å². The van der Waals surface area contributed by atoms with E-state index in [1.54, 1.807) is 6.33 Å². The minimum absolute atomic E-state index is 0.255. The Morgan fingerprint density at radius 1 is 1.00 bits per heavy atom. The molecule has 0 aliphatic carbocycles. The van der Waals surface area contributed by atoms with E-state index in [1.807, 2.05) is 29.2 Å². The van der Waals surface area contributed by atoms with Crippen molar-refractivity contribution in [1.82, 2.24) is 14.9 Å². The molecule has 1 saturated heterocycles. The van der Waals surface area contributed by atoms with Crippen molar-refractivity contribution in [3.63, 3.8) is 0 Å². The van der Waals surface area contributed by atoms with Crippen LogP contribution in [0.15, 0.2) is 73.1 Å². The van der Waals surface area contributed by atoms with Crippen molar-refractivity contribution in [2.75, 3.05) is 11.9 Å². The van der Waals surface area contributed by atoms with Gasteiger partial charge in [0.15, 0.2) is 0 Å². The molecule has 5 rings (SSSR count). The van der Waals surface area contributed by atoms with Crippen LogP contribution in [0.4, 0.5) is 5.82 Å². The molecular formula is C26H23ClN4O. The lowest BCUT2D eigenvalue weighted by molar-refractivity contribution is -0.128. The second kappa shape index (κ2) is 8.97. The summed E-state index contributed by atoms with van der Waals surface area (Å²) in [5.41, 5.74) is 5.47. The number of nitrogens with one attached hydrogen (secondary N) is 1. The lowest BCUT2D eigenvalue weighted by Crippen LogP contribution is -2.23. The number of anilines is 1. The van der Waals surface area contributed by atoms with Crippen LogP contribution in [0, 0.1) is 0 Å². The van der Waals surface area contributed by atoms with E-state index in [-0.39, 0.29) is 5.91 Å². The fourth-order valence-electron chi connectivity index (χ4n) is 4.19. The molecule has 1 fully saturated rings. The topological polar surface area (TPSA) is 58.1 Å². The lowest BCUT2D eigenvalue weighted by atomic mass is 9.98.